The third-order valence-electron chi connectivity index (χ3n) is 3.44. The molecule has 1 aromatic carbocycles. The van der Waals surface area contributed by atoms with Crippen molar-refractivity contribution in [3.05, 3.63) is 29.8 Å². The molecule has 0 unspecified atom stereocenters. The minimum Gasteiger partial charge on any atom is -0.389 e. The summed E-state index contributed by atoms with van der Waals surface area (Å²) in [6, 6.07) is 6.96. The zero-order valence-corrected chi connectivity index (χ0v) is 12.3. The molecule has 0 spiro atoms. The van der Waals surface area contributed by atoms with Crippen LogP contribution in [-0.2, 0) is 10.0 Å². The first-order chi connectivity index (χ1) is 9.00. The average molecular weight is 298 g/mol. The fourth-order valence-corrected chi connectivity index (χ4v) is 4.18. The zero-order chi connectivity index (χ0) is 13.9. The minimum atomic E-state index is -3.36. The number of benzene rings is 1. The van der Waals surface area contributed by atoms with E-state index < -0.39 is 10.0 Å². The maximum absolute atomic E-state index is 12.3. The van der Waals surface area contributed by atoms with Gasteiger partial charge in [-0.3, -0.25) is 4.72 Å². The van der Waals surface area contributed by atoms with Crippen LogP contribution in [0.2, 0.25) is 0 Å². The molecule has 104 valence electrons. The Morgan fingerprint density at radius 3 is 2.47 bits per heavy atom. The van der Waals surface area contributed by atoms with E-state index in [1.54, 1.807) is 24.3 Å². The Bertz CT molecular complexity index is 564. The predicted molar refractivity (Wildman–Crippen MR) is 81.7 cm³/mol. The smallest absolute Gasteiger partial charge is 0.235 e. The molecule has 0 amide bonds. The molecular weight excluding hydrogens is 280 g/mol. The second kappa shape index (κ2) is 5.88. The molecule has 1 aliphatic rings. The lowest BCUT2D eigenvalue weighted by Crippen LogP contribution is -2.30. The molecule has 4 nitrogen and oxygen atoms in total. The number of rotatable bonds is 4. The Kier molecular flexibility index (Phi) is 4.42. The standard InChI is InChI=1S/C13H18N2O2S2/c14-13(18)11-8-4-5-9-12(11)15-19(16,17)10-6-2-1-3-7-10/h4-5,8-10,15H,1-3,6-7H2,(H2,14,18). The first kappa shape index (κ1) is 14.3. The number of anilines is 1. The molecule has 6 heteroatoms. The monoisotopic (exact) mass is 298 g/mol. The molecule has 1 saturated carbocycles. The molecule has 2 rings (SSSR count). The van der Waals surface area contributed by atoms with Gasteiger partial charge in [0.2, 0.25) is 10.0 Å². The minimum absolute atomic E-state index is 0.196. The lowest BCUT2D eigenvalue weighted by Gasteiger charge is -2.23. The van der Waals surface area contributed by atoms with Crippen molar-refractivity contribution >= 4 is 32.9 Å². The third kappa shape index (κ3) is 3.45. The number of sulfonamides is 1. The molecule has 0 atom stereocenters. The molecular formula is C13H18N2O2S2. The van der Waals surface area contributed by atoms with Crippen molar-refractivity contribution in [2.24, 2.45) is 5.73 Å². The lowest BCUT2D eigenvalue weighted by molar-refractivity contribution is 0.486. The van der Waals surface area contributed by atoms with Crippen LogP contribution < -0.4 is 10.5 Å². The Morgan fingerprint density at radius 1 is 1.21 bits per heavy atom. The maximum Gasteiger partial charge on any atom is 0.235 e. The number of hydrogen-bond acceptors (Lipinski definition) is 3. The Hall–Kier alpha value is -1.14. The number of para-hydroxylation sites is 1. The Morgan fingerprint density at radius 2 is 1.84 bits per heavy atom. The SMILES string of the molecule is NC(=S)c1ccccc1NS(=O)(=O)C1CCCCC1. The highest BCUT2D eigenvalue weighted by molar-refractivity contribution is 7.93. The highest BCUT2D eigenvalue weighted by Crippen LogP contribution is 2.26. The van der Waals surface area contributed by atoms with Crippen LogP contribution >= 0.6 is 12.2 Å². The van der Waals surface area contributed by atoms with Crippen LogP contribution in [0.25, 0.3) is 0 Å². The van der Waals surface area contributed by atoms with Crippen molar-refractivity contribution in [1.29, 1.82) is 0 Å². The predicted octanol–water partition coefficient (Wildman–Crippen LogP) is 2.40. The van der Waals surface area contributed by atoms with E-state index in [0.717, 1.165) is 32.1 Å². The Balaban J connectivity index is 2.22. The van der Waals surface area contributed by atoms with Gasteiger partial charge in [-0.05, 0) is 25.0 Å². The summed E-state index contributed by atoms with van der Waals surface area (Å²) < 4.78 is 27.3. The van der Waals surface area contributed by atoms with Crippen molar-refractivity contribution in [2.75, 3.05) is 4.72 Å². The van der Waals surface area contributed by atoms with E-state index in [9.17, 15) is 8.42 Å². The summed E-state index contributed by atoms with van der Waals surface area (Å²) in [6.07, 6.45) is 4.52. The molecule has 1 aromatic rings. The van der Waals surface area contributed by atoms with Gasteiger partial charge >= 0.3 is 0 Å². The number of nitrogens with one attached hydrogen (secondary N) is 1. The van der Waals surface area contributed by atoms with Crippen LogP contribution in [0.4, 0.5) is 5.69 Å². The van der Waals surface area contributed by atoms with E-state index in [0.29, 0.717) is 11.3 Å². The van der Waals surface area contributed by atoms with Gasteiger partial charge in [-0.1, -0.05) is 43.6 Å². The van der Waals surface area contributed by atoms with Crippen LogP contribution in [0.3, 0.4) is 0 Å². The van der Waals surface area contributed by atoms with Crippen LogP contribution in [0.1, 0.15) is 37.7 Å². The summed E-state index contributed by atoms with van der Waals surface area (Å²) in [5.74, 6) is 0. The van der Waals surface area contributed by atoms with Crippen molar-refractivity contribution < 1.29 is 8.42 Å². The molecule has 3 N–H and O–H groups in total. The first-order valence-electron chi connectivity index (χ1n) is 6.41. The summed E-state index contributed by atoms with van der Waals surface area (Å²) in [5, 5.41) is -0.305. The topological polar surface area (TPSA) is 72.2 Å². The van der Waals surface area contributed by atoms with E-state index in [2.05, 4.69) is 4.72 Å². The fraction of sp³-hybridized carbons (Fsp3) is 0.462. The summed E-state index contributed by atoms with van der Waals surface area (Å²) in [4.78, 5) is 0.196. The van der Waals surface area contributed by atoms with Gasteiger partial charge in [0.05, 0.1) is 10.9 Å². The van der Waals surface area contributed by atoms with Gasteiger partial charge in [-0.25, -0.2) is 8.42 Å². The lowest BCUT2D eigenvalue weighted by atomic mass is 10.0. The quantitative estimate of drug-likeness (QED) is 0.837. The Labute approximate surface area is 119 Å². The summed E-state index contributed by atoms with van der Waals surface area (Å²) in [7, 11) is -3.36. The first-order valence-corrected chi connectivity index (χ1v) is 8.36. The van der Waals surface area contributed by atoms with Gasteiger partial charge in [0.1, 0.15) is 4.99 Å². The number of thiocarbonyl (C=S) groups is 1. The van der Waals surface area contributed by atoms with Crippen LogP contribution in [-0.4, -0.2) is 18.7 Å². The molecule has 0 saturated heterocycles. The van der Waals surface area contributed by atoms with Gasteiger partial charge in [-0.15, -0.1) is 0 Å². The summed E-state index contributed by atoms with van der Waals surface area (Å²) >= 11 is 4.94. The van der Waals surface area contributed by atoms with Gasteiger partial charge < -0.3 is 5.73 Å². The summed E-state index contributed by atoms with van der Waals surface area (Å²) in [5.41, 5.74) is 6.65. The molecule has 1 aliphatic carbocycles. The van der Waals surface area contributed by atoms with Gasteiger partial charge in [0.15, 0.2) is 0 Å². The molecule has 19 heavy (non-hydrogen) atoms. The van der Waals surface area contributed by atoms with Crippen LogP contribution in [0, 0.1) is 0 Å². The zero-order valence-electron chi connectivity index (χ0n) is 10.6. The maximum atomic E-state index is 12.3. The van der Waals surface area contributed by atoms with E-state index in [4.69, 9.17) is 18.0 Å². The molecule has 0 radical (unpaired) electrons. The van der Waals surface area contributed by atoms with Gasteiger partial charge in [0, 0.05) is 5.56 Å². The highest BCUT2D eigenvalue weighted by atomic mass is 32.2. The average Bonchev–Trinajstić information content (AvgIpc) is 2.39. The van der Waals surface area contributed by atoms with Crippen molar-refractivity contribution in [3.63, 3.8) is 0 Å². The van der Waals surface area contributed by atoms with Crippen LogP contribution in [0.15, 0.2) is 24.3 Å². The second-order valence-electron chi connectivity index (χ2n) is 4.82. The highest BCUT2D eigenvalue weighted by Gasteiger charge is 2.27. The molecule has 1 fully saturated rings. The largest absolute Gasteiger partial charge is 0.389 e. The fourth-order valence-electron chi connectivity index (χ4n) is 2.40. The van der Waals surface area contributed by atoms with Crippen LogP contribution in [0.5, 0.6) is 0 Å². The van der Waals surface area contributed by atoms with E-state index in [1.165, 1.54) is 0 Å². The van der Waals surface area contributed by atoms with Crippen molar-refractivity contribution in [2.45, 2.75) is 37.4 Å². The molecule has 0 aromatic heterocycles. The summed E-state index contributed by atoms with van der Waals surface area (Å²) in [6.45, 7) is 0. The van der Waals surface area contributed by atoms with E-state index in [1.807, 2.05) is 0 Å². The normalized spacial score (nSPS) is 17.1. The molecule has 0 heterocycles. The van der Waals surface area contributed by atoms with Gasteiger partial charge in [-0.2, -0.15) is 0 Å². The van der Waals surface area contributed by atoms with Crippen molar-refractivity contribution in [1.82, 2.24) is 0 Å². The number of hydrogen-bond donors (Lipinski definition) is 2. The molecule has 0 aliphatic heterocycles. The molecule has 0 bridgehead atoms. The van der Waals surface area contributed by atoms with Gasteiger partial charge in [0.25, 0.3) is 0 Å². The van der Waals surface area contributed by atoms with E-state index in [-0.39, 0.29) is 10.2 Å². The third-order valence-corrected chi connectivity index (χ3v) is 5.51. The van der Waals surface area contributed by atoms with E-state index >= 15 is 0 Å². The van der Waals surface area contributed by atoms with Crippen molar-refractivity contribution in [3.8, 4) is 0 Å². The second-order valence-corrected chi connectivity index (χ2v) is 7.22. The number of nitrogens with two attached hydrogens (primary N) is 1.